The van der Waals surface area contributed by atoms with Crippen molar-refractivity contribution in [3.05, 3.63) is 118 Å². The maximum atomic E-state index is 13.7. The quantitative estimate of drug-likeness (QED) is 0.0473. The number of aromatic hydroxyl groups is 1. The summed E-state index contributed by atoms with van der Waals surface area (Å²) in [6.45, 7) is 14.0. The number of hydrogen-bond donors (Lipinski definition) is 5. The van der Waals surface area contributed by atoms with Crippen molar-refractivity contribution in [1.29, 1.82) is 5.41 Å². The smallest absolute Gasteiger partial charge is 0.355 e. The molecule has 8 rings (SSSR count). The lowest BCUT2D eigenvalue weighted by Crippen LogP contribution is -2.58. The number of carbonyl (C=O) groups excluding carboxylic acids is 2. The normalized spacial score (nSPS) is 22.6. The molecule has 3 aromatic carbocycles. The van der Waals surface area contributed by atoms with Gasteiger partial charge in [-0.15, -0.1) is 0 Å². The Hall–Kier alpha value is -6.12. The van der Waals surface area contributed by atoms with Gasteiger partial charge in [0.25, 0.3) is 5.91 Å². The Morgan fingerprint density at radius 3 is 2.46 bits per heavy atom. The number of nitrogens with zero attached hydrogens (tertiary/aromatic N) is 4. The van der Waals surface area contributed by atoms with E-state index in [0.717, 1.165) is 65.4 Å². The average Bonchev–Trinajstić information content (AvgIpc) is 3.67. The summed E-state index contributed by atoms with van der Waals surface area (Å²) >= 11 is 1.42. The number of phenols is 1. The Labute approximate surface area is 384 Å². The summed E-state index contributed by atoms with van der Waals surface area (Å²) < 4.78 is 7.92. The Balaban J connectivity index is 0.972. The van der Waals surface area contributed by atoms with Crippen LogP contribution in [0, 0.1) is 21.7 Å². The Morgan fingerprint density at radius 2 is 1.72 bits per heavy atom. The number of aromatic carboxylic acids is 1. The molecule has 1 aliphatic heterocycles. The van der Waals surface area contributed by atoms with Gasteiger partial charge < -0.3 is 35.5 Å². The van der Waals surface area contributed by atoms with Gasteiger partial charge in [-0.25, -0.2) is 14.8 Å². The number of carbonyl (C=O) groups is 3. The number of rotatable bonds is 16. The van der Waals surface area contributed by atoms with Crippen LogP contribution in [0.3, 0.4) is 0 Å². The molecule has 0 radical (unpaired) electrons. The molecule has 2 bridgehead atoms. The first-order chi connectivity index (χ1) is 31.0. The molecule has 2 aromatic heterocycles. The highest BCUT2D eigenvalue weighted by Gasteiger charge is 2.58. The Morgan fingerprint density at radius 1 is 0.938 bits per heavy atom. The number of pyridine rings is 1. The fraction of sp³-hybridized carbons (Fsp3) is 0.412. The maximum absolute atomic E-state index is 13.7. The van der Waals surface area contributed by atoms with Crippen LogP contribution in [0.1, 0.15) is 110 Å². The van der Waals surface area contributed by atoms with E-state index in [1.54, 1.807) is 35.2 Å². The summed E-state index contributed by atoms with van der Waals surface area (Å²) in [5.74, 6) is -0.784. The number of nitrogens with one attached hydrogen (secondary N) is 3. The van der Waals surface area contributed by atoms with E-state index < -0.39 is 11.6 Å². The molecule has 340 valence electrons. The summed E-state index contributed by atoms with van der Waals surface area (Å²) in [7, 11) is 0. The van der Waals surface area contributed by atoms with Crippen molar-refractivity contribution < 1.29 is 29.3 Å². The van der Waals surface area contributed by atoms with E-state index >= 15 is 0 Å². The van der Waals surface area contributed by atoms with Gasteiger partial charge in [-0.3, -0.25) is 14.9 Å². The van der Waals surface area contributed by atoms with Crippen molar-refractivity contribution in [3.8, 4) is 5.75 Å². The van der Waals surface area contributed by atoms with Crippen molar-refractivity contribution in [2.45, 2.75) is 91.8 Å². The lowest BCUT2D eigenvalue weighted by Gasteiger charge is -2.61. The number of anilines is 2. The molecule has 14 heteroatoms. The maximum Gasteiger partial charge on any atom is 0.355 e. The molecule has 65 heavy (non-hydrogen) atoms. The average molecular weight is 898 g/mol. The number of para-hydroxylation sites is 1. The highest BCUT2D eigenvalue weighted by atomic mass is 32.1. The van der Waals surface area contributed by atoms with Crippen LogP contribution in [0.2, 0.25) is 0 Å². The van der Waals surface area contributed by atoms with Gasteiger partial charge in [0, 0.05) is 61.3 Å². The molecule has 5 aromatic rings. The van der Waals surface area contributed by atoms with Crippen LogP contribution in [0.15, 0.2) is 84.6 Å². The van der Waals surface area contributed by atoms with Crippen LogP contribution >= 0.6 is 11.3 Å². The number of hydrogen-bond acceptors (Lipinski definition) is 11. The highest BCUT2D eigenvalue weighted by molar-refractivity contribution is 7.22. The summed E-state index contributed by atoms with van der Waals surface area (Å²) in [4.78, 5) is 51.7. The molecule has 0 saturated heterocycles. The molecule has 3 aliphatic rings. The summed E-state index contributed by atoms with van der Waals surface area (Å²) in [5.41, 5.74) is 5.02. The standard InChI is InChI=1S/C51H59N7O6S/c1-33(53-31-50(5)28-49(4)26-48(2,3)27-51(29-49,30-50)64-22-21-57(32-59)24-34-13-15-36(60)16-14-34)39(23-52)37-17-18-43(55-44(37)46(62)63)58-20-19-35-9-8-10-38(40(35)25-58)45(61)56-47-54-41-11-6-7-12-42(41)65-47/h6-18,23,32,52-53,60H,19-22,24-31H2,1-5H3,(H,62,63)(H,54,56,61)/b39-33+,52-23?. The van der Waals surface area contributed by atoms with Crippen LogP contribution in [-0.2, 0) is 29.0 Å². The van der Waals surface area contributed by atoms with E-state index in [2.05, 4.69) is 43.3 Å². The molecule has 0 spiro atoms. The minimum atomic E-state index is -1.19. The fourth-order valence-corrected chi connectivity index (χ4v) is 12.6. The largest absolute Gasteiger partial charge is 0.508 e. The number of benzene rings is 3. The van der Waals surface area contributed by atoms with E-state index in [1.165, 1.54) is 17.6 Å². The number of phenolic OH excluding ortho intramolecular Hbond substituents is 1. The van der Waals surface area contributed by atoms with Crippen molar-refractivity contribution in [3.63, 3.8) is 0 Å². The number of ether oxygens (including phenoxy) is 1. The van der Waals surface area contributed by atoms with Gasteiger partial charge in [-0.2, -0.15) is 0 Å². The lowest BCUT2D eigenvalue weighted by molar-refractivity contribution is -0.191. The van der Waals surface area contributed by atoms with Crippen LogP contribution < -0.4 is 15.5 Å². The molecular formula is C51H59N7O6S. The second kappa shape index (κ2) is 18.0. The predicted molar refractivity (Wildman–Crippen MR) is 256 cm³/mol. The minimum absolute atomic E-state index is 0.0149. The molecule has 2 fully saturated rings. The lowest BCUT2D eigenvalue weighted by atomic mass is 9.48. The molecule has 2 saturated carbocycles. The van der Waals surface area contributed by atoms with Gasteiger partial charge in [0.1, 0.15) is 11.6 Å². The van der Waals surface area contributed by atoms with Crippen LogP contribution in [0.5, 0.6) is 5.75 Å². The number of thiazole rings is 1. The van der Waals surface area contributed by atoms with Gasteiger partial charge in [0.05, 0.1) is 22.4 Å². The highest BCUT2D eigenvalue weighted by Crippen LogP contribution is 2.62. The first-order valence-electron chi connectivity index (χ1n) is 22.3. The zero-order valence-electron chi connectivity index (χ0n) is 37.9. The fourth-order valence-electron chi connectivity index (χ4n) is 11.7. The topological polar surface area (TPSA) is 181 Å². The first kappa shape index (κ1) is 45.4. The third-order valence-corrected chi connectivity index (χ3v) is 14.3. The third-order valence-electron chi connectivity index (χ3n) is 13.4. The second-order valence-corrected chi connectivity index (χ2v) is 20.9. The summed E-state index contributed by atoms with van der Waals surface area (Å²) in [6, 6.07) is 23.9. The van der Waals surface area contributed by atoms with E-state index in [0.29, 0.717) is 79.1 Å². The van der Waals surface area contributed by atoms with Crippen LogP contribution in [0.25, 0.3) is 15.8 Å². The van der Waals surface area contributed by atoms with Crippen LogP contribution in [0.4, 0.5) is 10.9 Å². The molecule has 2 aliphatic carbocycles. The number of carboxylic acids is 1. The second-order valence-electron chi connectivity index (χ2n) is 19.9. The van der Waals surface area contributed by atoms with E-state index in [4.69, 9.17) is 15.1 Å². The summed E-state index contributed by atoms with van der Waals surface area (Å²) in [6.07, 6.45) is 7.36. The van der Waals surface area contributed by atoms with Crippen molar-refractivity contribution in [1.82, 2.24) is 20.2 Å². The molecule has 13 nitrogen and oxygen atoms in total. The van der Waals surface area contributed by atoms with E-state index in [9.17, 15) is 24.6 Å². The number of allylic oxidation sites excluding steroid dienone is 2. The van der Waals surface area contributed by atoms with Gasteiger partial charge in [0.15, 0.2) is 10.8 Å². The SMILES string of the molecule is C/C(NCC1(C)CC2(C)CC(C)(C)CC(OCCN(C=O)Cc3ccc(O)cc3)(C1)C2)=C(/C=N)c1ccc(N2CCc3cccc(C(=O)Nc4nc5ccccc5s4)c3C2)nc1C(=O)O. The molecule has 3 unspecified atom stereocenters. The number of amides is 2. The molecule has 2 amide bonds. The number of aromatic nitrogens is 2. The monoisotopic (exact) mass is 897 g/mol. The van der Waals surface area contributed by atoms with Gasteiger partial charge in [0.2, 0.25) is 6.41 Å². The van der Waals surface area contributed by atoms with Crippen molar-refractivity contribution >= 4 is 62.6 Å². The van der Waals surface area contributed by atoms with Crippen molar-refractivity contribution in [2.75, 3.05) is 36.5 Å². The molecule has 3 heterocycles. The van der Waals surface area contributed by atoms with E-state index in [1.807, 2.05) is 60.4 Å². The van der Waals surface area contributed by atoms with Gasteiger partial charge in [-0.1, -0.05) is 75.4 Å². The van der Waals surface area contributed by atoms with Crippen molar-refractivity contribution in [2.24, 2.45) is 16.2 Å². The number of carboxylic acid groups (broad SMARTS) is 1. The first-order valence-corrected chi connectivity index (χ1v) is 23.1. The predicted octanol–water partition coefficient (Wildman–Crippen LogP) is 9.31. The van der Waals surface area contributed by atoms with Crippen LogP contribution in [-0.4, -0.2) is 81.4 Å². The summed E-state index contributed by atoms with van der Waals surface area (Å²) in [5, 5.41) is 35.9. The zero-order valence-corrected chi connectivity index (χ0v) is 38.7. The van der Waals surface area contributed by atoms with E-state index in [-0.39, 0.29) is 33.6 Å². The molecular weight excluding hydrogens is 839 g/mol. The molecule has 5 N–H and O–H groups in total. The van der Waals surface area contributed by atoms with Gasteiger partial charge >= 0.3 is 5.97 Å². The van der Waals surface area contributed by atoms with Gasteiger partial charge in [-0.05, 0) is 121 Å². The minimum Gasteiger partial charge on any atom is -0.508 e. The molecule has 3 atom stereocenters. The third kappa shape index (κ3) is 10.1. The Bertz CT molecular complexity index is 2630. The Kier molecular flexibility index (Phi) is 12.6. The number of fused-ring (bicyclic) bond motifs is 4. The zero-order chi connectivity index (χ0) is 46.1.